The molecule has 1 aromatic carbocycles. The van der Waals surface area contributed by atoms with Crippen LogP contribution in [0.4, 0.5) is 0 Å². The molecule has 0 aliphatic heterocycles. The van der Waals surface area contributed by atoms with Crippen molar-refractivity contribution in [2.45, 2.75) is 33.6 Å². The summed E-state index contributed by atoms with van der Waals surface area (Å²) in [7, 11) is 0. The van der Waals surface area contributed by atoms with Gasteiger partial charge in [0, 0.05) is 6.54 Å². The lowest BCUT2D eigenvalue weighted by Crippen LogP contribution is -2.33. The molecule has 1 rings (SSSR count). The van der Waals surface area contributed by atoms with Crippen LogP contribution in [0.1, 0.15) is 30.9 Å². The molecular formula is C16H22N2O2. The standard InChI is InChI=1S/C16H22N2O2/c1-4-7-18(8-6-17)16(19)5-9-20-15-11-13(2)10-14(3)12-15/h10-12H,4-5,7-9H2,1-3H3. The quantitative estimate of drug-likeness (QED) is 0.718. The Morgan fingerprint density at radius 1 is 1.30 bits per heavy atom. The van der Waals surface area contributed by atoms with Gasteiger partial charge >= 0.3 is 0 Å². The predicted octanol–water partition coefficient (Wildman–Crippen LogP) is 2.83. The normalized spacial score (nSPS) is 9.90. The number of carbonyl (C=O) groups excluding carboxylic acids is 1. The second kappa shape index (κ2) is 8.21. The topological polar surface area (TPSA) is 53.3 Å². The maximum Gasteiger partial charge on any atom is 0.226 e. The van der Waals surface area contributed by atoms with Crippen LogP contribution in [0.15, 0.2) is 18.2 Å². The molecule has 0 bridgehead atoms. The first-order valence-electron chi connectivity index (χ1n) is 6.92. The molecule has 0 aromatic heterocycles. The number of nitriles is 1. The molecular weight excluding hydrogens is 252 g/mol. The van der Waals surface area contributed by atoms with Gasteiger partial charge in [0.25, 0.3) is 0 Å². The zero-order valence-electron chi connectivity index (χ0n) is 12.5. The number of aryl methyl sites for hydroxylation is 2. The van der Waals surface area contributed by atoms with E-state index in [0.29, 0.717) is 19.6 Å². The maximum atomic E-state index is 11.9. The van der Waals surface area contributed by atoms with Gasteiger partial charge in [0.15, 0.2) is 0 Å². The minimum absolute atomic E-state index is 0.0298. The van der Waals surface area contributed by atoms with Gasteiger partial charge < -0.3 is 9.64 Å². The van der Waals surface area contributed by atoms with Crippen molar-refractivity contribution in [1.82, 2.24) is 4.90 Å². The fourth-order valence-electron chi connectivity index (χ4n) is 2.08. The maximum absolute atomic E-state index is 11.9. The van der Waals surface area contributed by atoms with Crippen LogP contribution in [0.2, 0.25) is 0 Å². The monoisotopic (exact) mass is 274 g/mol. The van der Waals surface area contributed by atoms with Crippen molar-refractivity contribution >= 4 is 5.91 Å². The third-order valence-corrected chi connectivity index (χ3v) is 2.89. The molecule has 1 amide bonds. The molecule has 0 N–H and O–H groups in total. The molecule has 0 atom stereocenters. The Morgan fingerprint density at radius 2 is 1.95 bits per heavy atom. The summed E-state index contributed by atoms with van der Waals surface area (Å²) in [4.78, 5) is 13.5. The molecule has 4 nitrogen and oxygen atoms in total. The van der Waals surface area contributed by atoms with Crippen molar-refractivity contribution in [2.24, 2.45) is 0 Å². The predicted molar refractivity (Wildman–Crippen MR) is 78.5 cm³/mol. The van der Waals surface area contributed by atoms with E-state index in [0.717, 1.165) is 23.3 Å². The Balaban J connectivity index is 2.46. The summed E-state index contributed by atoms with van der Waals surface area (Å²) in [5.74, 6) is 0.760. The first-order valence-corrected chi connectivity index (χ1v) is 6.92. The van der Waals surface area contributed by atoms with Crippen LogP contribution < -0.4 is 4.74 Å². The van der Waals surface area contributed by atoms with Crippen molar-refractivity contribution < 1.29 is 9.53 Å². The summed E-state index contributed by atoms with van der Waals surface area (Å²) in [6, 6.07) is 8.01. The highest BCUT2D eigenvalue weighted by molar-refractivity contribution is 5.76. The molecule has 0 heterocycles. The minimum atomic E-state index is -0.0298. The highest BCUT2D eigenvalue weighted by atomic mass is 16.5. The molecule has 0 unspecified atom stereocenters. The Morgan fingerprint density at radius 3 is 2.50 bits per heavy atom. The summed E-state index contributed by atoms with van der Waals surface area (Å²) in [6.07, 6.45) is 1.15. The number of rotatable bonds is 7. The van der Waals surface area contributed by atoms with Crippen LogP contribution in [-0.2, 0) is 4.79 Å². The van der Waals surface area contributed by atoms with Gasteiger partial charge in [-0.15, -0.1) is 0 Å². The van der Waals surface area contributed by atoms with E-state index in [1.807, 2.05) is 39.0 Å². The van der Waals surface area contributed by atoms with Crippen LogP contribution in [0.5, 0.6) is 5.75 Å². The fourth-order valence-corrected chi connectivity index (χ4v) is 2.08. The van der Waals surface area contributed by atoms with Crippen LogP contribution in [0.25, 0.3) is 0 Å². The summed E-state index contributed by atoms with van der Waals surface area (Å²) >= 11 is 0. The third-order valence-electron chi connectivity index (χ3n) is 2.89. The van der Waals surface area contributed by atoms with Crippen LogP contribution in [0, 0.1) is 25.2 Å². The van der Waals surface area contributed by atoms with Crippen molar-refractivity contribution in [3.63, 3.8) is 0 Å². The van der Waals surface area contributed by atoms with E-state index >= 15 is 0 Å². The Labute approximate surface area is 121 Å². The number of carbonyl (C=O) groups is 1. The summed E-state index contributed by atoms with van der Waals surface area (Å²) in [5.41, 5.74) is 2.28. The number of hydrogen-bond donors (Lipinski definition) is 0. The molecule has 0 aliphatic carbocycles. The van der Waals surface area contributed by atoms with Crippen molar-refractivity contribution in [3.05, 3.63) is 29.3 Å². The molecule has 1 aromatic rings. The zero-order valence-corrected chi connectivity index (χ0v) is 12.5. The number of nitrogens with zero attached hydrogens (tertiary/aromatic N) is 2. The third kappa shape index (κ3) is 5.31. The van der Waals surface area contributed by atoms with E-state index in [2.05, 4.69) is 6.07 Å². The molecule has 0 radical (unpaired) electrons. The van der Waals surface area contributed by atoms with Gasteiger partial charge in [0.2, 0.25) is 5.91 Å². The molecule has 0 fully saturated rings. The van der Waals surface area contributed by atoms with E-state index in [9.17, 15) is 4.79 Å². The molecule has 4 heteroatoms. The summed E-state index contributed by atoms with van der Waals surface area (Å²) < 4.78 is 5.61. The Kier molecular flexibility index (Phi) is 6.58. The van der Waals surface area contributed by atoms with E-state index in [-0.39, 0.29) is 12.5 Å². The zero-order chi connectivity index (χ0) is 15.0. The molecule has 0 saturated heterocycles. The van der Waals surface area contributed by atoms with Crippen molar-refractivity contribution in [2.75, 3.05) is 19.7 Å². The van der Waals surface area contributed by atoms with Gasteiger partial charge in [-0.1, -0.05) is 13.0 Å². The molecule has 0 aliphatic rings. The van der Waals surface area contributed by atoms with Gasteiger partial charge in [0.05, 0.1) is 19.1 Å². The smallest absolute Gasteiger partial charge is 0.226 e. The lowest BCUT2D eigenvalue weighted by molar-refractivity contribution is -0.131. The average molecular weight is 274 g/mol. The molecule has 0 saturated carbocycles. The van der Waals surface area contributed by atoms with Gasteiger partial charge in [-0.3, -0.25) is 4.79 Å². The second-order valence-corrected chi connectivity index (χ2v) is 4.90. The number of ether oxygens (including phenoxy) is 1. The van der Waals surface area contributed by atoms with Crippen molar-refractivity contribution in [1.29, 1.82) is 5.26 Å². The van der Waals surface area contributed by atoms with E-state index in [1.165, 1.54) is 0 Å². The highest BCUT2D eigenvalue weighted by Gasteiger charge is 2.12. The summed E-state index contributed by atoms with van der Waals surface area (Å²) in [6.45, 7) is 7.13. The molecule has 20 heavy (non-hydrogen) atoms. The van der Waals surface area contributed by atoms with Crippen molar-refractivity contribution in [3.8, 4) is 11.8 Å². The minimum Gasteiger partial charge on any atom is -0.493 e. The Bertz CT molecular complexity index is 471. The Hall–Kier alpha value is -2.02. The lowest BCUT2D eigenvalue weighted by atomic mass is 10.1. The second-order valence-electron chi connectivity index (χ2n) is 4.90. The van der Waals surface area contributed by atoms with Gasteiger partial charge in [-0.05, 0) is 43.5 Å². The first-order chi connectivity index (χ1) is 9.56. The first kappa shape index (κ1) is 16.0. The number of hydrogen-bond acceptors (Lipinski definition) is 3. The molecule has 108 valence electrons. The largest absolute Gasteiger partial charge is 0.493 e. The number of benzene rings is 1. The average Bonchev–Trinajstić information content (AvgIpc) is 2.37. The highest BCUT2D eigenvalue weighted by Crippen LogP contribution is 2.16. The van der Waals surface area contributed by atoms with E-state index in [4.69, 9.17) is 10.00 Å². The fraction of sp³-hybridized carbons (Fsp3) is 0.500. The van der Waals surface area contributed by atoms with Gasteiger partial charge in [-0.2, -0.15) is 5.26 Å². The van der Waals surface area contributed by atoms with Gasteiger partial charge in [-0.25, -0.2) is 0 Å². The van der Waals surface area contributed by atoms with Crippen LogP contribution in [0.3, 0.4) is 0 Å². The molecule has 0 spiro atoms. The van der Waals surface area contributed by atoms with E-state index < -0.39 is 0 Å². The SMILES string of the molecule is CCCN(CC#N)C(=O)CCOc1cc(C)cc(C)c1. The van der Waals surface area contributed by atoms with Crippen LogP contribution in [-0.4, -0.2) is 30.5 Å². The summed E-state index contributed by atoms with van der Waals surface area (Å²) in [5, 5.41) is 8.70. The van der Waals surface area contributed by atoms with Gasteiger partial charge in [0.1, 0.15) is 12.3 Å². The van der Waals surface area contributed by atoms with E-state index in [1.54, 1.807) is 4.90 Å². The lowest BCUT2D eigenvalue weighted by Gasteiger charge is -2.18. The number of amides is 1. The van der Waals surface area contributed by atoms with Crippen LogP contribution >= 0.6 is 0 Å².